The summed E-state index contributed by atoms with van der Waals surface area (Å²) < 4.78 is 0. The number of rotatable bonds is 4. The normalized spacial score (nSPS) is 34.7. The zero-order chi connectivity index (χ0) is 12.4. The lowest BCUT2D eigenvalue weighted by Gasteiger charge is -2.33. The predicted octanol–water partition coefficient (Wildman–Crippen LogP) is 3.96. The summed E-state index contributed by atoms with van der Waals surface area (Å²) in [6.07, 6.45) is 7.20. The first-order chi connectivity index (χ1) is 8.87. The van der Waals surface area contributed by atoms with Gasteiger partial charge in [-0.25, -0.2) is 0 Å². The highest BCUT2D eigenvalue weighted by molar-refractivity contribution is 5.27. The van der Waals surface area contributed by atoms with Gasteiger partial charge >= 0.3 is 0 Å². The third kappa shape index (κ3) is 2.09. The first kappa shape index (κ1) is 12.2. The van der Waals surface area contributed by atoms with Crippen molar-refractivity contribution >= 4 is 0 Å². The molecule has 0 amide bonds. The van der Waals surface area contributed by atoms with E-state index < -0.39 is 0 Å². The second-order valence-electron chi connectivity index (χ2n) is 6.15. The van der Waals surface area contributed by atoms with Crippen LogP contribution >= 0.6 is 0 Å². The smallest absolute Gasteiger partial charge is 0.00149 e. The molecule has 2 saturated carbocycles. The van der Waals surface area contributed by atoms with Crippen molar-refractivity contribution < 1.29 is 0 Å². The molecule has 0 saturated heterocycles. The van der Waals surface area contributed by atoms with Gasteiger partial charge < -0.3 is 5.32 Å². The van der Waals surface area contributed by atoms with E-state index in [1.807, 2.05) is 0 Å². The third-order valence-electron chi connectivity index (χ3n) is 5.20. The van der Waals surface area contributed by atoms with Crippen molar-refractivity contribution in [3.8, 4) is 0 Å². The second kappa shape index (κ2) is 5.05. The van der Waals surface area contributed by atoms with Crippen LogP contribution in [0.25, 0.3) is 0 Å². The van der Waals surface area contributed by atoms with Gasteiger partial charge in [0.25, 0.3) is 0 Å². The van der Waals surface area contributed by atoms with Gasteiger partial charge in [-0.1, -0.05) is 50.1 Å². The van der Waals surface area contributed by atoms with E-state index in [1.165, 1.54) is 38.6 Å². The molecular formula is C17H25N. The van der Waals surface area contributed by atoms with Crippen molar-refractivity contribution in [3.05, 3.63) is 35.9 Å². The van der Waals surface area contributed by atoms with Crippen molar-refractivity contribution in [3.63, 3.8) is 0 Å². The fourth-order valence-electron chi connectivity index (χ4n) is 4.18. The molecule has 0 bridgehead atoms. The summed E-state index contributed by atoms with van der Waals surface area (Å²) in [7, 11) is 0. The molecule has 1 aromatic carbocycles. The first-order valence-corrected chi connectivity index (χ1v) is 7.62. The molecule has 98 valence electrons. The van der Waals surface area contributed by atoms with Gasteiger partial charge in [0.1, 0.15) is 0 Å². The molecule has 1 heteroatoms. The Morgan fingerprint density at radius 3 is 2.83 bits per heavy atom. The highest BCUT2D eigenvalue weighted by Gasteiger charge is 2.58. The van der Waals surface area contributed by atoms with Crippen molar-refractivity contribution in [2.75, 3.05) is 13.1 Å². The Hall–Kier alpha value is -0.820. The Bertz CT molecular complexity index is 386. The van der Waals surface area contributed by atoms with Gasteiger partial charge in [0, 0.05) is 0 Å². The van der Waals surface area contributed by atoms with Gasteiger partial charge in [-0.15, -0.1) is 0 Å². The largest absolute Gasteiger partial charge is 0.317 e. The van der Waals surface area contributed by atoms with Gasteiger partial charge in [0.15, 0.2) is 0 Å². The molecule has 0 radical (unpaired) electrons. The van der Waals surface area contributed by atoms with Crippen LogP contribution in [0.3, 0.4) is 0 Å². The molecule has 0 aromatic heterocycles. The lowest BCUT2D eigenvalue weighted by Crippen LogP contribution is -2.25. The van der Waals surface area contributed by atoms with E-state index in [2.05, 4.69) is 42.6 Å². The van der Waals surface area contributed by atoms with Gasteiger partial charge in [-0.05, 0) is 55.2 Å². The Morgan fingerprint density at radius 2 is 2.06 bits per heavy atom. The monoisotopic (exact) mass is 243 g/mol. The van der Waals surface area contributed by atoms with E-state index in [0.717, 1.165) is 18.4 Å². The van der Waals surface area contributed by atoms with Crippen LogP contribution in [0.4, 0.5) is 0 Å². The average molecular weight is 243 g/mol. The molecule has 3 unspecified atom stereocenters. The summed E-state index contributed by atoms with van der Waals surface area (Å²) in [5, 5.41) is 3.55. The van der Waals surface area contributed by atoms with Crippen molar-refractivity contribution in [2.24, 2.45) is 11.3 Å². The highest BCUT2D eigenvalue weighted by atomic mass is 14.9. The Balaban J connectivity index is 1.76. The summed E-state index contributed by atoms with van der Waals surface area (Å²) in [4.78, 5) is 0. The fraction of sp³-hybridized carbons (Fsp3) is 0.647. The molecule has 3 atom stereocenters. The molecule has 1 spiro atoms. The Kier molecular flexibility index (Phi) is 3.43. The second-order valence-corrected chi connectivity index (χ2v) is 6.15. The maximum atomic E-state index is 3.55. The van der Waals surface area contributed by atoms with E-state index >= 15 is 0 Å². The lowest BCUT2D eigenvalue weighted by molar-refractivity contribution is 0.257. The van der Waals surface area contributed by atoms with E-state index in [0.29, 0.717) is 5.41 Å². The quantitative estimate of drug-likeness (QED) is 0.844. The molecule has 2 aliphatic carbocycles. The van der Waals surface area contributed by atoms with Gasteiger partial charge in [0.2, 0.25) is 0 Å². The Labute approximate surface area is 111 Å². The minimum atomic E-state index is 0.655. The topological polar surface area (TPSA) is 12.0 Å². The number of benzene rings is 1. The predicted molar refractivity (Wildman–Crippen MR) is 76.7 cm³/mol. The first-order valence-electron chi connectivity index (χ1n) is 7.62. The van der Waals surface area contributed by atoms with Crippen LogP contribution < -0.4 is 5.32 Å². The van der Waals surface area contributed by atoms with Crippen molar-refractivity contribution in [1.29, 1.82) is 0 Å². The molecule has 1 N–H and O–H groups in total. The van der Waals surface area contributed by atoms with E-state index in [1.54, 1.807) is 5.56 Å². The summed E-state index contributed by atoms with van der Waals surface area (Å²) in [5.41, 5.74) is 2.25. The SMILES string of the molecule is CCNCC1CC12CCCCC2c1ccccc1. The molecule has 2 aliphatic rings. The minimum absolute atomic E-state index is 0.655. The van der Waals surface area contributed by atoms with Crippen LogP contribution in [0, 0.1) is 11.3 Å². The van der Waals surface area contributed by atoms with Crippen LogP contribution in [0.1, 0.15) is 50.5 Å². The highest BCUT2D eigenvalue weighted by Crippen LogP contribution is 2.67. The summed E-state index contributed by atoms with van der Waals surface area (Å²) in [6, 6.07) is 11.3. The van der Waals surface area contributed by atoms with Crippen LogP contribution in [-0.2, 0) is 0 Å². The molecule has 0 aliphatic heterocycles. The van der Waals surface area contributed by atoms with Crippen LogP contribution in [0.2, 0.25) is 0 Å². The molecular weight excluding hydrogens is 218 g/mol. The molecule has 0 heterocycles. The van der Waals surface area contributed by atoms with E-state index in [9.17, 15) is 0 Å². The molecule has 18 heavy (non-hydrogen) atoms. The van der Waals surface area contributed by atoms with Crippen molar-refractivity contribution in [1.82, 2.24) is 5.32 Å². The number of hydrogen-bond donors (Lipinski definition) is 1. The maximum Gasteiger partial charge on any atom is -0.00149 e. The van der Waals surface area contributed by atoms with Gasteiger partial charge in [0.05, 0.1) is 0 Å². The van der Waals surface area contributed by atoms with Crippen LogP contribution in [-0.4, -0.2) is 13.1 Å². The van der Waals surface area contributed by atoms with Crippen LogP contribution in [0.15, 0.2) is 30.3 Å². The van der Waals surface area contributed by atoms with Crippen molar-refractivity contribution in [2.45, 2.75) is 44.9 Å². The average Bonchev–Trinajstić information content (AvgIpc) is 3.11. The zero-order valence-electron chi connectivity index (χ0n) is 11.5. The van der Waals surface area contributed by atoms with Gasteiger partial charge in [-0.3, -0.25) is 0 Å². The minimum Gasteiger partial charge on any atom is -0.317 e. The lowest BCUT2D eigenvalue weighted by atomic mass is 9.71. The fourth-order valence-corrected chi connectivity index (χ4v) is 4.18. The third-order valence-corrected chi connectivity index (χ3v) is 5.20. The standard InChI is InChI=1S/C17H25N/c1-2-18-13-15-12-17(15)11-7-6-10-16(17)14-8-4-3-5-9-14/h3-5,8-9,15-16,18H,2,6-7,10-13H2,1H3. The molecule has 1 aromatic rings. The molecule has 1 nitrogen and oxygen atoms in total. The van der Waals surface area contributed by atoms with E-state index in [-0.39, 0.29) is 0 Å². The molecule has 2 fully saturated rings. The number of nitrogens with one attached hydrogen (secondary N) is 1. The zero-order valence-corrected chi connectivity index (χ0v) is 11.5. The van der Waals surface area contributed by atoms with E-state index in [4.69, 9.17) is 0 Å². The van der Waals surface area contributed by atoms with Crippen LogP contribution in [0.5, 0.6) is 0 Å². The summed E-state index contributed by atoms with van der Waals surface area (Å²) >= 11 is 0. The Morgan fingerprint density at radius 1 is 1.22 bits per heavy atom. The summed E-state index contributed by atoms with van der Waals surface area (Å²) in [6.45, 7) is 4.56. The maximum absolute atomic E-state index is 3.55. The summed E-state index contributed by atoms with van der Waals surface area (Å²) in [5.74, 6) is 1.76. The van der Waals surface area contributed by atoms with Gasteiger partial charge in [-0.2, -0.15) is 0 Å². The molecule has 3 rings (SSSR count). The number of hydrogen-bond acceptors (Lipinski definition) is 1.